The third-order valence-electron chi connectivity index (χ3n) is 5.38. The van der Waals surface area contributed by atoms with Gasteiger partial charge in [-0.15, -0.1) is 0 Å². The number of unbranched alkanes of at least 4 members (excludes halogenated alkanes) is 1. The van der Waals surface area contributed by atoms with Crippen LogP contribution in [-0.4, -0.2) is 62.7 Å². The Hall–Kier alpha value is -2.69. The zero-order valence-electron chi connectivity index (χ0n) is 20.4. The van der Waals surface area contributed by atoms with Crippen LogP contribution in [0.2, 0.25) is 5.02 Å². The first-order valence-electron chi connectivity index (χ1n) is 11.2. The Morgan fingerprint density at radius 2 is 1.80 bits per heavy atom. The van der Waals surface area contributed by atoms with Crippen LogP contribution in [0.1, 0.15) is 32.3 Å². The van der Waals surface area contributed by atoms with Crippen molar-refractivity contribution in [2.45, 2.75) is 39.3 Å². The van der Waals surface area contributed by atoms with Gasteiger partial charge in [0.1, 0.15) is 18.4 Å². The molecule has 8 nitrogen and oxygen atoms in total. The number of nitrogens with one attached hydrogen (secondary N) is 1. The molecule has 192 valence electrons. The molecule has 1 atom stereocenters. The van der Waals surface area contributed by atoms with Crippen LogP contribution < -0.4 is 9.62 Å². The summed E-state index contributed by atoms with van der Waals surface area (Å²) >= 11 is 6.09. The molecule has 1 N–H and O–H groups in total. The molecule has 2 aromatic rings. The number of carbonyl (C=O) groups is 2. The standard InChI is InChI=1S/C24H32ClFN4O4S/c1-5-6-14-27-24(32)18(2)29(16-19-10-9-11-20(25)15-19)23(31)17-30(35(33,34)28(3)4)22-13-8-7-12-21(22)26/h7-13,15,18H,5-6,14,16-17H2,1-4H3,(H,27,32). The highest BCUT2D eigenvalue weighted by atomic mass is 35.5. The van der Waals surface area contributed by atoms with E-state index in [1.165, 1.54) is 37.2 Å². The second-order valence-corrected chi connectivity index (χ2v) is 10.7. The van der Waals surface area contributed by atoms with E-state index in [0.717, 1.165) is 23.2 Å². The summed E-state index contributed by atoms with van der Waals surface area (Å²) in [5.74, 6) is -1.84. The third-order valence-corrected chi connectivity index (χ3v) is 7.42. The van der Waals surface area contributed by atoms with Gasteiger partial charge in [-0.25, -0.2) is 8.70 Å². The summed E-state index contributed by atoms with van der Waals surface area (Å²) < 4.78 is 42.3. The van der Waals surface area contributed by atoms with Crippen molar-refractivity contribution in [1.29, 1.82) is 0 Å². The highest BCUT2D eigenvalue weighted by molar-refractivity contribution is 7.90. The molecule has 0 aromatic heterocycles. The molecule has 0 spiro atoms. The molecule has 0 fully saturated rings. The average Bonchev–Trinajstić information content (AvgIpc) is 2.81. The molecular weight excluding hydrogens is 495 g/mol. The van der Waals surface area contributed by atoms with E-state index in [9.17, 15) is 22.4 Å². The fraction of sp³-hybridized carbons (Fsp3) is 0.417. The summed E-state index contributed by atoms with van der Waals surface area (Å²) in [6, 6.07) is 11.2. The van der Waals surface area contributed by atoms with E-state index in [1.54, 1.807) is 31.2 Å². The summed E-state index contributed by atoms with van der Waals surface area (Å²) in [5.41, 5.74) is 0.393. The van der Waals surface area contributed by atoms with Gasteiger partial charge < -0.3 is 10.2 Å². The maximum absolute atomic E-state index is 14.6. The molecule has 0 saturated carbocycles. The Morgan fingerprint density at radius 1 is 1.11 bits per heavy atom. The third kappa shape index (κ3) is 7.65. The predicted molar refractivity (Wildman–Crippen MR) is 136 cm³/mol. The quantitative estimate of drug-likeness (QED) is 0.429. The van der Waals surface area contributed by atoms with Crippen molar-refractivity contribution in [1.82, 2.24) is 14.5 Å². The summed E-state index contributed by atoms with van der Waals surface area (Å²) in [5, 5.41) is 3.26. The molecule has 2 amide bonds. The molecule has 0 aliphatic carbocycles. The number of carbonyl (C=O) groups excluding carboxylic acids is 2. The number of hydrogen-bond acceptors (Lipinski definition) is 4. The van der Waals surface area contributed by atoms with Crippen molar-refractivity contribution < 1.29 is 22.4 Å². The molecule has 1 unspecified atom stereocenters. The number of benzene rings is 2. The van der Waals surface area contributed by atoms with Gasteiger partial charge in [-0.2, -0.15) is 12.7 Å². The van der Waals surface area contributed by atoms with Gasteiger partial charge in [-0.1, -0.05) is 49.2 Å². The lowest BCUT2D eigenvalue weighted by Crippen LogP contribution is -2.52. The van der Waals surface area contributed by atoms with E-state index >= 15 is 0 Å². The SMILES string of the molecule is CCCCNC(=O)C(C)N(Cc1cccc(Cl)c1)C(=O)CN(c1ccccc1F)S(=O)(=O)N(C)C. The number of para-hydroxylation sites is 1. The van der Waals surface area contributed by atoms with Crippen LogP contribution in [-0.2, 0) is 26.3 Å². The molecular formula is C24H32ClFN4O4S. The van der Waals surface area contributed by atoms with Gasteiger partial charge in [0, 0.05) is 32.2 Å². The van der Waals surface area contributed by atoms with E-state index in [2.05, 4.69) is 5.32 Å². The largest absolute Gasteiger partial charge is 0.354 e. The Bertz CT molecular complexity index is 1130. The normalized spacial score (nSPS) is 12.3. The van der Waals surface area contributed by atoms with Crippen molar-refractivity contribution in [2.24, 2.45) is 0 Å². The summed E-state index contributed by atoms with van der Waals surface area (Å²) in [4.78, 5) is 27.6. The first-order valence-corrected chi connectivity index (χ1v) is 13.0. The van der Waals surface area contributed by atoms with Crippen LogP contribution >= 0.6 is 11.6 Å². The lowest BCUT2D eigenvalue weighted by Gasteiger charge is -2.33. The molecule has 0 aliphatic heterocycles. The fourth-order valence-electron chi connectivity index (χ4n) is 3.31. The monoisotopic (exact) mass is 526 g/mol. The van der Waals surface area contributed by atoms with Crippen LogP contribution in [0.5, 0.6) is 0 Å². The smallest absolute Gasteiger partial charge is 0.304 e. The van der Waals surface area contributed by atoms with Crippen LogP contribution in [0, 0.1) is 5.82 Å². The predicted octanol–water partition coefficient (Wildman–Crippen LogP) is 3.43. The van der Waals surface area contributed by atoms with Gasteiger partial charge in [0.05, 0.1) is 5.69 Å². The first-order chi connectivity index (χ1) is 16.5. The molecule has 0 bridgehead atoms. The molecule has 0 heterocycles. The van der Waals surface area contributed by atoms with E-state index < -0.39 is 34.5 Å². The average molecular weight is 527 g/mol. The van der Waals surface area contributed by atoms with E-state index in [4.69, 9.17) is 11.6 Å². The number of amides is 2. The lowest BCUT2D eigenvalue weighted by atomic mass is 10.1. The zero-order chi connectivity index (χ0) is 26.2. The number of halogens is 2. The molecule has 35 heavy (non-hydrogen) atoms. The summed E-state index contributed by atoms with van der Waals surface area (Å²) in [6.07, 6.45) is 1.67. The van der Waals surface area contributed by atoms with Crippen LogP contribution in [0.3, 0.4) is 0 Å². The minimum absolute atomic E-state index is 0.00881. The van der Waals surface area contributed by atoms with Crippen molar-refractivity contribution >= 4 is 39.3 Å². The maximum Gasteiger partial charge on any atom is 0.304 e. The van der Waals surface area contributed by atoms with Crippen LogP contribution in [0.25, 0.3) is 0 Å². The number of nitrogens with zero attached hydrogens (tertiary/aromatic N) is 3. The van der Waals surface area contributed by atoms with Crippen molar-refractivity contribution in [2.75, 3.05) is 31.5 Å². The Kier molecular flexibility index (Phi) is 10.5. The highest BCUT2D eigenvalue weighted by Gasteiger charge is 2.33. The molecule has 0 radical (unpaired) electrons. The number of hydrogen-bond donors (Lipinski definition) is 1. The molecule has 2 aromatic carbocycles. The highest BCUT2D eigenvalue weighted by Crippen LogP contribution is 2.24. The Balaban J connectivity index is 2.43. The second kappa shape index (κ2) is 12.9. The van der Waals surface area contributed by atoms with Gasteiger partial charge in [0.15, 0.2) is 0 Å². The minimum atomic E-state index is -4.23. The number of rotatable bonds is 12. The van der Waals surface area contributed by atoms with Gasteiger partial charge in [0.25, 0.3) is 0 Å². The van der Waals surface area contributed by atoms with Crippen LogP contribution in [0.15, 0.2) is 48.5 Å². The lowest BCUT2D eigenvalue weighted by molar-refractivity contribution is -0.139. The molecule has 2 rings (SSSR count). The minimum Gasteiger partial charge on any atom is -0.354 e. The molecule has 0 saturated heterocycles. The van der Waals surface area contributed by atoms with Crippen LogP contribution in [0.4, 0.5) is 10.1 Å². The van der Waals surface area contributed by atoms with Gasteiger partial charge in [-0.3, -0.25) is 9.59 Å². The van der Waals surface area contributed by atoms with Gasteiger partial charge >= 0.3 is 10.2 Å². The topological polar surface area (TPSA) is 90.0 Å². The Labute approximate surface area is 211 Å². The Morgan fingerprint density at radius 3 is 2.40 bits per heavy atom. The molecule has 0 aliphatic rings. The van der Waals surface area contributed by atoms with E-state index in [-0.39, 0.29) is 18.1 Å². The van der Waals surface area contributed by atoms with E-state index in [0.29, 0.717) is 21.4 Å². The van der Waals surface area contributed by atoms with Gasteiger partial charge in [-0.05, 0) is 43.2 Å². The zero-order valence-corrected chi connectivity index (χ0v) is 21.9. The first kappa shape index (κ1) is 28.5. The summed E-state index contributed by atoms with van der Waals surface area (Å²) in [6.45, 7) is 3.32. The van der Waals surface area contributed by atoms with Crippen molar-refractivity contribution in [3.63, 3.8) is 0 Å². The van der Waals surface area contributed by atoms with Crippen molar-refractivity contribution in [3.05, 3.63) is 64.9 Å². The summed E-state index contributed by atoms with van der Waals surface area (Å²) in [7, 11) is -1.64. The number of anilines is 1. The molecule has 11 heteroatoms. The maximum atomic E-state index is 14.6. The fourth-order valence-corrected chi connectivity index (χ4v) is 4.58. The van der Waals surface area contributed by atoms with Gasteiger partial charge in [0.2, 0.25) is 11.8 Å². The van der Waals surface area contributed by atoms with E-state index in [1.807, 2.05) is 6.92 Å². The second-order valence-electron chi connectivity index (χ2n) is 8.22. The van der Waals surface area contributed by atoms with Crippen molar-refractivity contribution in [3.8, 4) is 0 Å².